The summed E-state index contributed by atoms with van der Waals surface area (Å²) in [5, 5.41) is 0. The van der Waals surface area contributed by atoms with Crippen molar-refractivity contribution in [2.45, 2.75) is 32.2 Å². The lowest BCUT2D eigenvalue weighted by atomic mass is 10.1. The lowest BCUT2D eigenvalue weighted by molar-refractivity contribution is 0.618. The predicted molar refractivity (Wildman–Crippen MR) is 65.2 cm³/mol. The van der Waals surface area contributed by atoms with E-state index in [0.717, 1.165) is 13.0 Å². The Morgan fingerprint density at radius 2 is 2.07 bits per heavy atom. The molecule has 2 nitrogen and oxygen atoms in total. The van der Waals surface area contributed by atoms with E-state index in [4.69, 9.17) is 5.73 Å². The third-order valence-corrected chi connectivity index (χ3v) is 3.24. The van der Waals surface area contributed by atoms with Crippen LogP contribution in [0, 0.1) is 6.92 Å². The Balaban J connectivity index is 2.11. The Bertz CT molecular complexity index is 305. The van der Waals surface area contributed by atoms with Gasteiger partial charge in [0.15, 0.2) is 0 Å². The zero-order chi connectivity index (χ0) is 10.7. The largest absolute Gasteiger partial charge is 0.368 e. The van der Waals surface area contributed by atoms with E-state index < -0.39 is 0 Å². The van der Waals surface area contributed by atoms with Gasteiger partial charge in [0.2, 0.25) is 0 Å². The Hall–Kier alpha value is -1.02. The fraction of sp³-hybridized carbons (Fsp3) is 0.538. The molecular weight excluding hydrogens is 184 g/mol. The molecule has 0 aliphatic carbocycles. The summed E-state index contributed by atoms with van der Waals surface area (Å²) >= 11 is 0. The van der Waals surface area contributed by atoms with Crippen molar-refractivity contribution in [1.29, 1.82) is 0 Å². The molecule has 1 saturated heterocycles. The van der Waals surface area contributed by atoms with Gasteiger partial charge in [-0.15, -0.1) is 0 Å². The van der Waals surface area contributed by atoms with Crippen LogP contribution in [-0.4, -0.2) is 19.1 Å². The number of nitrogens with two attached hydrogens (primary N) is 1. The SMILES string of the molecule is Cc1ccc(N2CCCC2CCN)cc1. The molecule has 0 bridgehead atoms. The van der Waals surface area contributed by atoms with Gasteiger partial charge < -0.3 is 10.6 Å². The highest BCUT2D eigenvalue weighted by Crippen LogP contribution is 2.27. The molecule has 0 amide bonds. The van der Waals surface area contributed by atoms with Gasteiger partial charge in [0.25, 0.3) is 0 Å². The Morgan fingerprint density at radius 3 is 2.73 bits per heavy atom. The van der Waals surface area contributed by atoms with Crippen molar-refractivity contribution in [2.24, 2.45) is 5.73 Å². The molecule has 2 N–H and O–H groups in total. The van der Waals surface area contributed by atoms with Crippen molar-refractivity contribution in [2.75, 3.05) is 18.0 Å². The van der Waals surface area contributed by atoms with Crippen LogP contribution in [0.4, 0.5) is 5.69 Å². The number of aryl methyl sites for hydroxylation is 1. The molecule has 1 aromatic carbocycles. The third kappa shape index (κ3) is 2.32. The van der Waals surface area contributed by atoms with E-state index >= 15 is 0 Å². The molecule has 0 spiro atoms. The van der Waals surface area contributed by atoms with Crippen molar-refractivity contribution in [3.8, 4) is 0 Å². The molecule has 1 fully saturated rings. The Kier molecular flexibility index (Phi) is 3.27. The van der Waals surface area contributed by atoms with Crippen LogP contribution in [0.25, 0.3) is 0 Å². The van der Waals surface area contributed by atoms with E-state index in [2.05, 4.69) is 36.1 Å². The average molecular weight is 204 g/mol. The van der Waals surface area contributed by atoms with E-state index in [1.54, 1.807) is 0 Å². The van der Waals surface area contributed by atoms with Gasteiger partial charge in [0.05, 0.1) is 0 Å². The lowest BCUT2D eigenvalue weighted by Crippen LogP contribution is -2.30. The van der Waals surface area contributed by atoms with Crippen LogP contribution in [0.5, 0.6) is 0 Å². The summed E-state index contributed by atoms with van der Waals surface area (Å²) in [6.07, 6.45) is 3.72. The number of hydrogen-bond acceptors (Lipinski definition) is 2. The monoisotopic (exact) mass is 204 g/mol. The first-order valence-electron chi connectivity index (χ1n) is 5.84. The maximum absolute atomic E-state index is 5.65. The highest BCUT2D eigenvalue weighted by atomic mass is 15.2. The van der Waals surface area contributed by atoms with Crippen LogP contribution in [-0.2, 0) is 0 Å². The van der Waals surface area contributed by atoms with E-state index in [1.807, 2.05) is 0 Å². The maximum Gasteiger partial charge on any atom is 0.0368 e. The number of nitrogens with zero attached hydrogens (tertiary/aromatic N) is 1. The molecule has 0 radical (unpaired) electrons. The molecule has 1 aromatic rings. The van der Waals surface area contributed by atoms with Gasteiger partial charge in [-0.25, -0.2) is 0 Å². The van der Waals surface area contributed by atoms with Crippen molar-refractivity contribution in [3.63, 3.8) is 0 Å². The minimum atomic E-state index is 0.665. The second-order valence-corrected chi connectivity index (χ2v) is 4.40. The van der Waals surface area contributed by atoms with Crippen LogP contribution in [0.1, 0.15) is 24.8 Å². The molecule has 1 unspecified atom stereocenters. The molecule has 0 saturated carbocycles. The molecule has 1 atom stereocenters. The van der Waals surface area contributed by atoms with Gasteiger partial charge in [-0.3, -0.25) is 0 Å². The Morgan fingerprint density at radius 1 is 1.33 bits per heavy atom. The minimum Gasteiger partial charge on any atom is -0.368 e. The van der Waals surface area contributed by atoms with Crippen LogP contribution >= 0.6 is 0 Å². The molecule has 0 aromatic heterocycles. The number of benzene rings is 1. The number of anilines is 1. The van der Waals surface area contributed by atoms with Crippen molar-refractivity contribution in [3.05, 3.63) is 29.8 Å². The van der Waals surface area contributed by atoms with Gasteiger partial charge in [-0.05, 0) is 44.9 Å². The highest BCUT2D eigenvalue weighted by Gasteiger charge is 2.23. The average Bonchev–Trinajstić information content (AvgIpc) is 2.68. The van der Waals surface area contributed by atoms with Crippen molar-refractivity contribution in [1.82, 2.24) is 0 Å². The van der Waals surface area contributed by atoms with Gasteiger partial charge in [0.1, 0.15) is 0 Å². The zero-order valence-electron chi connectivity index (χ0n) is 9.45. The van der Waals surface area contributed by atoms with Gasteiger partial charge >= 0.3 is 0 Å². The molecule has 15 heavy (non-hydrogen) atoms. The van der Waals surface area contributed by atoms with E-state index in [9.17, 15) is 0 Å². The van der Waals surface area contributed by atoms with Gasteiger partial charge in [-0.2, -0.15) is 0 Å². The molecule has 1 aliphatic heterocycles. The number of hydrogen-bond donors (Lipinski definition) is 1. The zero-order valence-corrected chi connectivity index (χ0v) is 9.45. The third-order valence-electron chi connectivity index (χ3n) is 3.24. The van der Waals surface area contributed by atoms with Crippen LogP contribution in [0.2, 0.25) is 0 Å². The van der Waals surface area contributed by atoms with Crippen LogP contribution < -0.4 is 10.6 Å². The fourth-order valence-electron chi connectivity index (χ4n) is 2.40. The fourth-order valence-corrected chi connectivity index (χ4v) is 2.40. The second kappa shape index (κ2) is 4.67. The summed E-state index contributed by atoms with van der Waals surface area (Å²) < 4.78 is 0. The normalized spacial score (nSPS) is 20.9. The molecule has 2 heteroatoms. The first-order valence-corrected chi connectivity index (χ1v) is 5.84. The van der Waals surface area contributed by atoms with Crippen molar-refractivity contribution < 1.29 is 0 Å². The smallest absolute Gasteiger partial charge is 0.0368 e. The topological polar surface area (TPSA) is 29.3 Å². The lowest BCUT2D eigenvalue weighted by Gasteiger charge is -2.26. The van der Waals surface area contributed by atoms with Crippen LogP contribution in [0.15, 0.2) is 24.3 Å². The summed E-state index contributed by atoms with van der Waals surface area (Å²) in [5.74, 6) is 0. The Labute approximate surface area is 92.1 Å². The first-order chi connectivity index (χ1) is 7.31. The summed E-state index contributed by atoms with van der Waals surface area (Å²) in [6.45, 7) is 4.12. The summed E-state index contributed by atoms with van der Waals surface area (Å²) in [5.41, 5.74) is 8.33. The van der Waals surface area contributed by atoms with Gasteiger partial charge in [-0.1, -0.05) is 17.7 Å². The molecular formula is C13H20N2. The van der Waals surface area contributed by atoms with E-state index in [1.165, 1.54) is 30.6 Å². The standard InChI is InChI=1S/C13H20N2/c1-11-4-6-13(7-5-11)15-10-2-3-12(15)8-9-14/h4-7,12H,2-3,8-10,14H2,1H3. The molecule has 1 aliphatic rings. The number of rotatable bonds is 3. The highest BCUT2D eigenvalue weighted by molar-refractivity contribution is 5.49. The molecule has 1 heterocycles. The minimum absolute atomic E-state index is 0.665. The summed E-state index contributed by atoms with van der Waals surface area (Å²) in [4.78, 5) is 2.51. The molecule has 82 valence electrons. The predicted octanol–water partition coefficient (Wildman–Crippen LogP) is 2.31. The second-order valence-electron chi connectivity index (χ2n) is 4.40. The summed E-state index contributed by atoms with van der Waals surface area (Å²) in [7, 11) is 0. The first kappa shape index (κ1) is 10.5. The van der Waals surface area contributed by atoms with Crippen molar-refractivity contribution >= 4 is 5.69 Å². The molecule has 2 rings (SSSR count). The quantitative estimate of drug-likeness (QED) is 0.818. The van der Waals surface area contributed by atoms with Gasteiger partial charge in [0, 0.05) is 18.3 Å². The van der Waals surface area contributed by atoms with Crippen LogP contribution in [0.3, 0.4) is 0 Å². The summed E-state index contributed by atoms with van der Waals surface area (Å²) in [6, 6.07) is 9.49. The van der Waals surface area contributed by atoms with E-state index in [0.29, 0.717) is 6.04 Å². The maximum atomic E-state index is 5.65. The van der Waals surface area contributed by atoms with E-state index in [-0.39, 0.29) is 0 Å².